The molecule has 1 unspecified atom stereocenters. The fourth-order valence-corrected chi connectivity index (χ4v) is 5.93. The number of carbonyl (C=O) groups excluding carboxylic acids is 1. The van der Waals surface area contributed by atoms with Crippen molar-refractivity contribution in [2.75, 3.05) is 26.2 Å². The van der Waals surface area contributed by atoms with E-state index in [0.717, 1.165) is 50.6 Å². The van der Waals surface area contributed by atoms with Crippen LogP contribution in [0.3, 0.4) is 0 Å². The van der Waals surface area contributed by atoms with Gasteiger partial charge in [0.15, 0.2) is 0 Å². The highest BCUT2D eigenvalue weighted by atomic mass is 32.2. The van der Waals surface area contributed by atoms with Crippen LogP contribution < -0.4 is 5.32 Å². The van der Waals surface area contributed by atoms with Crippen LogP contribution in [0.1, 0.15) is 24.8 Å². The molecule has 0 bridgehead atoms. The van der Waals surface area contributed by atoms with Crippen LogP contribution >= 0.6 is 11.8 Å². The molecule has 4 aliphatic heterocycles. The van der Waals surface area contributed by atoms with Crippen LogP contribution in [0, 0.1) is 5.92 Å². The van der Waals surface area contributed by atoms with Crippen molar-refractivity contribution in [1.82, 2.24) is 20.0 Å². The van der Waals surface area contributed by atoms with Gasteiger partial charge in [-0.2, -0.15) is 0 Å². The van der Waals surface area contributed by atoms with Gasteiger partial charge in [0.2, 0.25) is 6.41 Å². The summed E-state index contributed by atoms with van der Waals surface area (Å²) < 4.78 is 0. The summed E-state index contributed by atoms with van der Waals surface area (Å²) in [7, 11) is 0. The van der Waals surface area contributed by atoms with Crippen molar-refractivity contribution in [2.45, 2.75) is 31.8 Å². The molecule has 0 spiro atoms. The van der Waals surface area contributed by atoms with Crippen LogP contribution in [-0.2, 0) is 11.2 Å². The van der Waals surface area contributed by atoms with E-state index in [1.54, 1.807) is 4.90 Å². The number of likely N-dealkylation sites (tertiary alicyclic amines) is 1. The molecule has 6 heteroatoms. The molecule has 1 aromatic rings. The molecule has 31 heavy (non-hydrogen) atoms. The molecule has 1 saturated heterocycles. The first-order valence-corrected chi connectivity index (χ1v) is 12.1. The van der Waals surface area contributed by atoms with E-state index >= 15 is 0 Å². The smallest absolute Gasteiger partial charge is 0.215 e. The van der Waals surface area contributed by atoms with E-state index in [2.05, 4.69) is 69.8 Å². The molecule has 162 valence electrons. The summed E-state index contributed by atoms with van der Waals surface area (Å²) in [6, 6.07) is 10.7. The van der Waals surface area contributed by atoms with Gasteiger partial charge in [-0.05, 0) is 68.5 Å². The Morgan fingerprint density at radius 3 is 2.77 bits per heavy atom. The second kappa shape index (κ2) is 9.37. The highest BCUT2D eigenvalue weighted by molar-refractivity contribution is 8.06. The van der Waals surface area contributed by atoms with Crippen LogP contribution in [0.15, 0.2) is 76.6 Å². The largest absolute Gasteiger partial charge is 0.366 e. The quantitative estimate of drug-likeness (QED) is 0.497. The van der Waals surface area contributed by atoms with Crippen LogP contribution in [-0.4, -0.2) is 53.5 Å². The summed E-state index contributed by atoms with van der Waals surface area (Å²) in [6.07, 6.45) is 16.2. The molecular weight excluding hydrogens is 404 g/mol. The minimum Gasteiger partial charge on any atom is -0.366 e. The Kier molecular flexibility index (Phi) is 6.18. The summed E-state index contributed by atoms with van der Waals surface area (Å²) in [6.45, 7) is 4.43. The molecule has 1 amide bonds. The highest BCUT2D eigenvalue weighted by Gasteiger charge is 2.37. The monoisotopic (exact) mass is 434 g/mol. The summed E-state index contributed by atoms with van der Waals surface area (Å²) in [5.74, 6) is 0.760. The number of carbonyl (C=O) groups is 1. The molecule has 1 fully saturated rings. The lowest BCUT2D eigenvalue weighted by Gasteiger charge is -2.40. The lowest BCUT2D eigenvalue weighted by atomic mass is 9.97. The van der Waals surface area contributed by atoms with Crippen LogP contribution in [0.2, 0.25) is 0 Å². The molecule has 0 saturated carbocycles. The van der Waals surface area contributed by atoms with E-state index in [-0.39, 0.29) is 6.17 Å². The molecule has 5 rings (SSSR count). The Bertz CT molecular complexity index is 915. The third-order valence-electron chi connectivity index (χ3n) is 6.51. The molecule has 0 aliphatic carbocycles. The van der Waals surface area contributed by atoms with Crippen LogP contribution in [0.5, 0.6) is 0 Å². The fourth-order valence-electron chi connectivity index (χ4n) is 4.77. The van der Waals surface area contributed by atoms with Gasteiger partial charge in [-0.1, -0.05) is 48.2 Å². The van der Waals surface area contributed by atoms with Gasteiger partial charge in [-0.15, -0.1) is 0 Å². The number of amides is 1. The predicted octanol–water partition coefficient (Wildman–Crippen LogP) is 3.86. The number of nitrogens with one attached hydrogen (secondary N) is 1. The van der Waals surface area contributed by atoms with Gasteiger partial charge in [0.05, 0.1) is 15.8 Å². The lowest BCUT2D eigenvalue weighted by molar-refractivity contribution is -0.117. The molecule has 5 nitrogen and oxygen atoms in total. The van der Waals surface area contributed by atoms with Crippen molar-refractivity contribution in [3.8, 4) is 0 Å². The van der Waals surface area contributed by atoms with Gasteiger partial charge < -0.3 is 15.1 Å². The summed E-state index contributed by atoms with van der Waals surface area (Å²) in [5, 5.41) is 6.20. The molecular formula is C25H30N4OS. The summed E-state index contributed by atoms with van der Waals surface area (Å²) >= 11 is 1.83. The summed E-state index contributed by atoms with van der Waals surface area (Å²) in [4.78, 5) is 17.9. The van der Waals surface area contributed by atoms with Gasteiger partial charge >= 0.3 is 0 Å². The molecule has 1 aromatic carbocycles. The third-order valence-corrected chi connectivity index (χ3v) is 7.64. The van der Waals surface area contributed by atoms with E-state index in [0.29, 0.717) is 0 Å². The minimum absolute atomic E-state index is 0.00324. The highest BCUT2D eigenvalue weighted by Crippen LogP contribution is 2.45. The van der Waals surface area contributed by atoms with Gasteiger partial charge in [0.1, 0.15) is 6.17 Å². The number of benzene rings is 1. The van der Waals surface area contributed by atoms with Gasteiger partial charge in [-0.25, -0.2) is 0 Å². The number of hydrogen-bond acceptors (Lipinski definition) is 5. The van der Waals surface area contributed by atoms with Crippen LogP contribution in [0.25, 0.3) is 0 Å². The molecule has 1 atom stereocenters. The van der Waals surface area contributed by atoms with E-state index < -0.39 is 0 Å². The Labute approximate surface area is 189 Å². The number of aryl methyl sites for hydroxylation is 1. The first-order valence-electron chi connectivity index (χ1n) is 11.3. The topological polar surface area (TPSA) is 38.8 Å². The first kappa shape index (κ1) is 20.5. The van der Waals surface area contributed by atoms with Crippen molar-refractivity contribution in [2.24, 2.45) is 5.92 Å². The number of thioether (sulfide) groups is 1. The Morgan fingerprint density at radius 2 is 1.97 bits per heavy atom. The van der Waals surface area contributed by atoms with E-state index in [1.807, 2.05) is 18.0 Å². The zero-order chi connectivity index (χ0) is 21.0. The molecule has 4 heterocycles. The lowest BCUT2D eigenvalue weighted by Crippen LogP contribution is -2.40. The Balaban J connectivity index is 1.09. The third kappa shape index (κ3) is 4.46. The standard InChI is InChI=1S/C25H30N4OS/c30-19-28-18-22-16-25(31-24-10-4-9-23(28)29(22)24)27-14-11-21(12-15-27)17-26-13-5-8-20-6-2-1-3-7-20/h1-4,6-7,9-10,16,18-19,21,23,26H,5,8,11-15,17H2. The molecule has 4 aliphatic rings. The van der Waals surface area contributed by atoms with E-state index in [1.165, 1.54) is 34.9 Å². The second-order valence-corrected chi connectivity index (χ2v) is 9.63. The minimum atomic E-state index is -0.00324. The molecule has 0 radical (unpaired) electrons. The Morgan fingerprint density at radius 1 is 1.13 bits per heavy atom. The SMILES string of the molecule is O=CN1C=C2C=C(N3CCC(CNCCCc4ccccc4)CC3)SC3=CC=CC1N23. The van der Waals surface area contributed by atoms with Gasteiger partial charge in [0.25, 0.3) is 0 Å². The van der Waals surface area contributed by atoms with Crippen molar-refractivity contribution in [3.05, 3.63) is 82.2 Å². The van der Waals surface area contributed by atoms with Crippen LogP contribution in [0.4, 0.5) is 0 Å². The second-order valence-electron chi connectivity index (χ2n) is 8.59. The average molecular weight is 435 g/mol. The van der Waals surface area contributed by atoms with Crippen molar-refractivity contribution >= 4 is 18.2 Å². The number of allylic oxidation sites excluding steroid dienone is 3. The van der Waals surface area contributed by atoms with E-state index in [4.69, 9.17) is 0 Å². The zero-order valence-electron chi connectivity index (χ0n) is 17.8. The first-order chi connectivity index (χ1) is 15.3. The van der Waals surface area contributed by atoms with Gasteiger partial charge in [0, 0.05) is 19.3 Å². The van der Waals surface area contributed by atoms with Gasteiger partial charge in [-0.3, -0.25) is 9.69 Å². The number of piperidine rings is 1. The molecule has 1 N–H and O–H groups in total. The molecule has 0 aromatic heterocycles. The van der Waals surface area contributed by atoms with Crippen molar-refractivity contribution in [1.29, 1.82) is 0 Å². The number of hydrogen-bond donors (Lipinski definition) is 1. The predicted molar refractivity (Wildman–Crippen MR) is 126 cm³/mol. The average Bonchev–Trinajstić information content (AvgIpc) is 3.19. The summed E-state index contributed by atoms with van der Waals surface area (Å²) in [5.41, 5.74) is 2.54. The normalized spacial score (nSPS) is 22.8. The van der Waals surface area contributed by atoms with Crippen molar-refractivity contribution in [3.63, 3.8) is 0 Å². The number of nitrogens with zero attached hydrogens (tertiary/aromatic N) is 3. The van der Waals surface area contributed by atoms with E-state index in [9.17, 15) is 4.79 Å². The Hall–Kier alpha value is -2.44. The number of rotatable bonds is 8. The maximum absolute atomic E-state index is 11.4. The zero-order valence-corrected chi connectivity index (χ0v) is 18.6. The maximum atomic E-state index is 11.4. The van der Waals surface area contributed by atoms with Crippen molar-refractivity contribution < 1.29 is 4.79 Å². The fraction of sp³-hybridized carbons (Fsp3) is 0.400. The maximum Gasteiger partial charge on any atom is 0.215 e.